The van der Waals surface area contributed by atoms with Gasteiger partial charge in [-0.15, -0.1) is 0 Å². The lowest BCUT2D eigenvalue weighted by atomic mass is 9.91. The molecule has 150 valence electrons. The summed E-state index contributed by atoms with van der Waals surface area (Å²) in [6.45, 7) is 2.15. The van der Waals surface area contributed by atoms with Crippen molar-refractivity contribution in [3.8, 4) is 0 Å². The molecule has 1 N–H and O–H groups in total. The zero-order valence-electron chi connectivity index (χ0n) is 16.2. The fraction of sp³-hybridized carbons (Fsp3) is 0.304. The molecule has 1 amide bonds. The van der Waals surface area contributed by atoms with E-state index < -0.39 is 0 Å². The number of nitrogens with one attached hydrogen (secondary N) is 1. The van der Waals surface area contributed by atoms with Gasteiger partial charge in [0.2, 0.25) is 5.91 Å². The number of carbonyl (C=O) groups excluding carboxylic acids is 1. The highest BCUT2D eigenvalue weighted by molar-refractivity contribution is 5.91. The monoisotopic (exact) mass is 395 g/mol. The Labute approximate surface area is 168 Å². The Morgan fingerprint density at radius 2 is 2.00 bits per heavy atom. The van der Waals surface area contributed by atoms with Crippen LogP contribution in [0.3, 0.4) is 0 Å². The van der Waals surface area contributed by atoms with Gasteiger partial charge in [-0.1, -0.05) is 12.1 Å². The minimum atomic E-state index is -0.361. The molecule has 1 aliphatic rings. The molecule has 0 radical (unpaired) electrons. The fourth-order valence-electron chi connectivity index (χ4n) is 4.10. The van der Waals surface area contributed by atoms with Gasteiger partial charge < -0.3 is 9.88 Å². The molecule has 2 atom stereocenters. The normalized spacial score (nSPS) is 16.9. The molecule has 2 heterocycles. The molecule has 0 spiro atoms. The van der Waals surface area contributed by atoms with Crippen LogP contribution in [-0.4, -0.2) is 15.5 Å². The highest BCUT2D eigenvalue weighted by Gasteiger charge is 2.27. The van der Waals surface area contributed by atoms with E-state index in [1.807, 2.05) is 12.3 Å². The van der Waals surface area contributed by atoms with E-state index in [0.29, 0.717) is 5.69 Å². The second kappa shape index (κ2) is 8.15. The third-order valence-electron chi connectivity index (χ3n) is 5.49. The molecule has 0 aliphatic carbocycles. The van der Waals surface area contributed by atoms with Crippen molar-refractivity contribution in [3.63, 3.8) is 0 Å². The highest BCUT2D eigenvalue weighted by atomic mass is 19.1. The molecule has 0 bridgehead atoms. The number of rotatable bonds is 5. The number of benzene rings is 2. The van der Waals surface area contributed by atoms with Gasteiger partial charge in [0, 0.05) is 42.4 Å². The van der Waals surface area contributed by atoms with E-state index in [1.165, 1.54) is 36.4 Å². The van der Waals surface area contributed by atoms with Crippen molar-refractivity contribution in [1.29, 1.82) is 0 Å². The summed E-state index contributed by atoms with van der Waals surface area (Å²) >= 11 is 0. The number of halogens is 2. The lowest BCUT2D eigenvalue weighted by Crippen LogP contribution is -2.22. The number of aryl methyl sites for hydroxylation is 1. The standard InChI is InChI=1S/C23H23F2N3O/c1-15-4-2-7-22-26-14-21(28(15)22)20(16-5-3-6-18(25)12-16)13-23(29)27-19-10-8-17(24)9-11-19/h3,5-6,8-12,14-15,20H,2,4,7,13H2,1H3,(H,27,29)/t15-,20-/m1/s1. The van der Waals surface area contributed by atoms with Gasteiger partial charge in [0.05, 0.1) is 0 Å². The van der Waals surface area contributed by atoms with E-state index in [1.54, 1.807) is 6.07 Å². The molecular weight excluding hydrogens is 372 g/mol. The number of fused-ring (bicyclic) bond motifs is 1. The van der Waals surface area contributed by atoms with E-state index in [2.05, 4.69) is 21.8 Å². The number of aromatic nitrogens is 2. The third-order valence-corrected chi connectivity index (χ3v) is 5.49. The van der Waals surface area contributed by atoms with Gasteiger partial charge in [-0.3, -0.25) is 4.79 Å². The number of imidazole rings is 1. The minimum Gasteiger partial charge on any atom is -0.329 e. The lowest BCUT2D eigenvalue weighted by Gasteiger charge is -2.27. The topological polar surface area (TPSA) is 46.9 Å². The molecule has 0 saturated heterocycles. The Morgan fingerprint density at radius 1 is 1.21 bits per heavy atom. The number of hydrogen-bond donors (Lipinski definition) is 1. The van der Waals surface area contributed by atoms with Crippen LogP contribution >= 0.6 is 0 Å². The zero-order chi connectivity index (χ0) is 20.4. The van der Waals surface area contributed by atoms with E-state index in [9.17, 15) is 13.6 Å². The largest absolute Gasteiger partial charge is 0.329 e. The quantitative estimate of drug-likeness (QED) is 0.644. The Morgan fingerprint density at radius 3 is 2.76 bits per heavy atom. The van der Waals surface area contributed by atoms with E-state index in [4.69, 9.17) is 0 Å². The first-order valence-corrected chi connectivity index (χ1v) is 9.88. The Kier molecular flexibility index (Phi) is 5.43. The van der Waals surface area contributed by atoms with Gasteiger partial charge in [0.15, 0.2) is 0 Å². The smallest absolute Gasteiger partial charge is 0.225 e. The van der Waals surface area contributed by atoms with Crippen molar-refractivity contribution in [2.75, 3.05) is 5.32 Å². The van der Waals surface area contributed by atoms with E-state index in [-0.39, 0.29) is 35.9 Å². The SMILES string of the molecule is C[C@@H]1CCCc2ncc([C@H](CC(=O)Nc3ccc(F)cc3)c3cccc(F)c3)n21. The average molecular weight is 395 g/mol. The molecule has 29 heavy (non-hydrogen) atoms. The van der Waals surface area contributed by atoms with E-state index >= 15 is 0 Å². The van der Waals surface area contributed by atoms with Crippen molar-refractivity contribution in [2.24, 2.45) is 0 Å². The zero-order valence-corrected chi connectivity index (χ0v) is 16.2. The molecule has 0 saturated carbocycles. The Bertz CT molecular complexity index is 1010. The van der Waals surface area contributed by atoms with Crippen LogP contribution in [-0.2, 0) is 11.2 Å². The number of carbonyl (C=O) groups is 1. The van der Waals surface area contributed by atoms with E-state index in [0.717, 1.165) is 36.3 Å². The Balaban J connectivity index is 1.65. The maximum Gasteiger partial charge on any atom is 0.225 e. The number of nitrogens with zero attached hydrogens (tertiary/aromatic N) is 2. The summed E-state index contributed by atoms with van der Waals surface area (Å²) in [7, 11) is 0. The minimum absolute atomic E-state index is 0.138. The average Bonchev–Trinajstić information content (AvgIpc) is 3.13. The molecular formula is C23H23F2N3O. The van der Waals surface area contributed by atoms with Crippen LogP contribution in [0, 0.1) is 11.6 Å². The summed E-state index contributed by atoms with van der Waals surface area (Å²) in [4.78, 5) is 17.4. The van der Waals surface area contributed by atoms with Crippen LogP contribution in [0.25, 0.3) is 0 Å². The van der Waals surface area contributed by atoms with Crippen LogP contribution < -0.4 is 5.32 Å². The van der Waals surface area contributed by atoms with Gasteiger partial charge >= 0.3 is 0 Å². The number of anilines is 1. The summed E-state index contributed by atoms with van der Waals surface area (Å²) in [6, 6.07) is 12.3. The first kappa shape index (κ1) is 19.3. The van der Waals surface area contributed by atoms with Crippen LogP contribution in [0.2, 0.25) is 0 Å². The first-order chi connectivity index (χ1) is 14.0. The van der Waals surface area contributed by atoms with Crippen molar-refractivity contribution in [3.05, 3.63) is 83.4 Å². The fourth-order valence-corrected chi connectivity index (χ4v) is 4.10. The van der Waals surface area contributed by atoms with Crippen molar-refractivity contribution in [1.82, 2.24) is 9.55 Å². The second-order valence-corrected chi connectivity index (χ2v) is 7.58. The molecule has 4 nitrogen and oxygen atoms in total. The predicted octanol–water partition coefficient (Wildman–Crippen LogP) is 5.22. The molecule has 1 aliphatic heterocycles. The van der Waals surface area contributed by atoms with Gasteiger partial charge in [0.25, 0.3) is 0 Å². The van der Waals surface area contributed by atoms with Crippen molar-refractivity contribution >= 4 is 11.6 Å². The maximum atomic E-state index is 13.9. The van der Waals surface area contributed by atoms with Crippen molar-refractivity contribution in [2.45, 2.75) is 44.6 Å². The van der Waals surface area contributed by atoms with Crippen molar-refractivity contribution < 1.29 is 13.6 Å². The molecule has 0 unspecified atom stereocenters. The van der Waals surface area contributed by atoms with Crippen LogP contribution in [0.15, 0.2) is 54.7 Å². The molecule has 3 aromatic rings. The summed E-state index contributed by atoms with van der Waals surface area (Å²) in [5, 5.41) is 2.81. The van der Waals surface area contributed by atoms with Crippen LogP contribution in [0.4, 0.5) is 14.5 Å². The van der Waals surface area contributed by atoms with Crippen LogP contribution in [0.1, 0.15) is 55.2 Å². The maximum absolute atomic E-state index is 13.9. The van der Waals surface area contributed by atoms with Gasteiger partial charge in [-0.2, -0.15) is 0 Å². The molecule has 2 aromatic carbocycles. The summed E-state index contributed by atoms with van der Waals surface area (Å²) in [6.07, 6.45) is 5.00. The molecule has 6 heteroatoms. The summed E-state index contributed by atoms with van der Waals surface area (Å²) in [5.74, 6) is -0.227. The van der Waals surface area contributed by atoms with Gasteiger partial charge in [-0.25, -0.2) is 13.8 Å². The molecule has 0 fully saturated rings. The molecule has 4 rings (SSSR count). The summed E-state index contributed by atoms with van der Waals surface area (Å²) < 4.78 is 29.3. The lowest BCUT2D eigenvalue weighted by molar-refractivity contribution is -0.116. The first-order valence-electron chi connectivity index (χ1n) is 9.88. The third kappa shape index (κ3) is 4.21. The predicted molar refractivity (Wildman–Crippen MR) is 108 cm³/mol. The number of amides is 1. The van der Waals surface area contributed by atoms with Gasteiger partial charge in [-0.05, 0) is 61.7 Å². The number of hydrogen-bond acceptors (Lipinski definition) is 2. The van der Waals surface area contributed by atoms with Crippen LogP contribution in [0.5, 0.6) is 0 Å². The highest BCUT2D eigenvalue weighted by Crippen LogP contribution is 2.35. The molecule has 1 aromatic heterocycles. The van der Waals surface area contributed by atoms with Gasteiger partial charge in [0.1, 0.15) is 17.5 Å². The second-order valence-electron chi connectivity index (χ2n) is 7.58. The summed E-state index contributed by atoms with van der Waals surface area (Å²) in [5.41, 5.74) is 2.19. The Hall–Kier alpha value is -3.02.